The smallest absolute Gasteiger partial charge is 0.338 e. The second-order valence-electron chi connectivity index (χ2n) is 4.18. The van der Waals surface area contributed by atoms with Crippen molar-refractivity contribution >= 4 is 28.8 Å². The standard InChI is InChI=1S/C11H11ClF3NOS/c12-9-5-7-6-16(4-2-8(7)18-9)10(17)1-3-11(13,14)15/h5H,1-4,6H2. The molecule has 0 unspecified atom stereocenters. The molecule has 0 spiro atoms. The second kappa shape index (κ2) is 5.09. The Hall–Kier alpha value is -0.750. The Balaban J connectivity index is 1.94. The van der Waals surface area contributed by atoms with Gasteiger partial charge >= 0.3 is 6.18 Å². The van der Waals surface area contributed by atoms with Crippen LogP contribution in [0.15, 0.2) is 6.07 Å². The number of nitrogens with zero attached hydrogens (tertiary/aromatic N) is 1. The zero-order valence-corrected chi connectivity index (χ0v) is 11.0. The highest BCUT2D eigenvalue weighted by molar-refractivity contribution is 7.16. The third-order valence-electron chi connectivity index (χ3n) is 2.81. The summed E-state index contributed by atoms with van der Waals surface area (Å²) in [5.74, 6) is -0.444. The van der Waals surface area contributed by atoms with E-state index >= 15 is 0 Å². The molecule has 0 atom stereocenters. The van der Waals surface area contributed by atoms with Gasteiger partial charge in [0.15, 0.2) is 0 Å². The van der Waals surface area contributed by atoms with Crippen LogP contribution in [0.5, 0.6) is 0 Å². The van der Waals surface area contributed by atoms with E-state index in [0.29, 0.717) is 23.8 Å². The third kappa shape index (κ3) is 3.38. The monoisotopic (exact) mass is 297 g/mol. The lowest BCUT2D eigenvalue weighted by Gasteiger charge is -2.27. The van der Waals surface area contributed by atoms with Crippen LogP contribution < -0.4 is 0 Å². The van der Waals surface area contributed by atoms with Crippen molar-refractivity contribution in [1.29, 1.82) is 0 Å². The fourth-order valence-electron chi connectivity index (χ4n) is 1.92. The van der Waals surface area contributed by atoms with Crippen molar-refractivity contribution in [2.24, 2.45) is 0 Å². The molecule has 0 bridgehead atoms. The molecule has 100 valence electrons. The van der Waals surface area contributed by atoms with E-state index in [0.717, 1.165) is 10.4 Å². The summed E-state index contributed by atoms with van der Waals surface area (Å²) < 4.78 is 36.8. The van der Waals surface area contributed by atoms with Crippen molar-refractivity contribution in [2.75, 3.05) is 6.54 Å². The van der Waals surface area contributed by atoms with Gasteiger partial charge in [-0.2, -0.15) is 13.2 Å². The Bertz CT molecular complexity index is 458. The first-order valence-corrected chi connectivity index (χ1v) is 6.66. The average molecular weight is 298 g/mol. The summed E-state index contributed by atoms with van der Waals surface area (Å²) in [7, 11) is 0. The minimum absolute atomic E-state index is 0.370. The second-order valence-corrected chi connectivity index (χ2v) is 5.95. The van der Waals surface area contributed by atoms with Crippen LogP contribution in [-0.4, -0.2) is 23.5 Å². The maximum atomic E-state index is 12.0. The van der Waals surface area contributed by atoms with Crippen LogP contribution in [0.1, 0.15) is 23.3 Å². The first-order chi connectivity index (χ1) is 8.35. The predicted octanol–water partition coefficient (Wildman–Crippen LogP) is 3.63. The fourth-order valence-corrected chi connectivity index (χ4v) is 3.21. The molecular weight excluding hydrogens is 287 g/mol. The average Bonchev–Trinajstić information content (AvgIpc) is 2.63. The summed E-state index contributed by atoms with van der Waals surface area (Å²) in [6, 6.07) is 1.78. The van der Waals surface area contributed by atoms with Crippen LogP contribution in [0.3, 0.4) is 0 Å². The van der Waals surface area contributed by atoms with E-state index in [1.54, 1.807) is 6.07 Å². The molecule has 0 radical (unpaired) electrons. The molecule has 0 fully saturated rings. The maximum Gasteiger partial charge on any atom is 0.389 e. The quantitative estimate of drug-likeness (QED) is 0.816. The highest BCUT2D eigenvalue weighted by Crippen LogP contribution is 2.31. The third-order valence-corrected chi connectivity index (χ3v) is 4.18. The molecule has 0 saturated heterocycles. The number of hydrogen-bond acceptors (Lipinski definition) is 2. The Morgan fingerprint density at radius 3 is 2.89 bits per heavy atom. The summed E-state index contributed by atoms with van der Waals surface area (Å²) >= 11 is 7.33. The van der Waals surface area contributed by atoms with Crippen molar-refractivity contribution in [1.82, 2.24) is 4.90 Å². The van der Waals surface area contributed by atoms with Gasteiger partial charge in [0.2, 0.25) is 5.91 Å². The van der Waals surface area contributed by atoms with Gasteiger partial charge in [0, 0.05) is 24.4 Å². The highest BCUT2D eigenvalue weighted by atomic mass is 35.5. The number of carbonyl (C=O) groups excluding carboxylic acids is 1. The van der Waals surface area contributed by atoms with Crippen LogP contribution >= 0.6 is 22.9 Å². The number of fused-ring (bicyclic) bond motifs is 1. The van der Waals surface area contributed by atoms with Crippen LogP contribution in [0.4, 0.5) is 13.2 Å². The van der Waals surface area contributed by atoms with E-state index in [1.165, 1.54) is 16.2 Å². The summed E-state index contributed by atoms with van der Waals surface area (Å²) in [5, 5.41) is 0. The highest BCUT2D eigenvalue weighted by Gasteiger charge is 2.30. The first-order valence-electron chi connectivity index (χ1n) is 5.47. The molecule has 1 aliphatic heterocycles. The predicted molar refractivity (Wildman–Crippen MR) is 63.7 cm³/mol. The Morgan fingerprint density at radius 1 is 1.50 bits per heavy atom. The summed E-state index contributed by atoms with van der Waals surface area (Å²) in [6.07, 6.45) is -5.14. The lowest BCUT2D eigenvalue weighted by atomic mass is 10.1. The number of amides is 1. The Morgan fingerprint density at radius 2 is 2.22 bits per heavy atom. The number of alkyl halides is 3. The normalized spacial score (nSPS) is 15.7. The Kier molecular flexibility index (Phi) is 3.87. The van der Waals surface area contributed by atoms with Gasteiger partial charge in [-0.25, -0.2) is 0 Å². The Labute approximate surface area is 111 Å². The topological polar surface area (TPSA) is 20.3 Å². The van der Waals surface area contributed by atoms with E-state index in [9.17, 15) is 18.0 Å². The number of halogens is 4. The minimum Gasteiger partial charge on any atom is -0.338 e. The van der Waals surface area contributed by atoms with Gasteiger partial charge in [0.1, 0.15) is 0 Å². The molecule has 1 amide bonds. The number of rotatable bonds is 2. The lowest BCUT2D eigenvalue weighted by Crippen LogP contribution is -2.35. The van der Waals surface area contributed by atoms with Crippen LogP contribution in [0.2, 0.25) is 4.34 Å². The van der Waals surface area contributed by atoms with Crippen molar-refractivity contribution < 1.29 is 18.0 Å². The van der Waals surface area contributed by atoms with Crippen LogP contribution in [0.25, 0.3) is 0 Å². The van der Waals surface area contributed by atoms with E-state index < -0.39 is 24.9 Å². The van der Waals surface area contributed by atoms with E-state index in [4.69, 9.17) is 11.6 Å². The molecule has 2 heterocycles. The number of hydrogen-bond donors (Lipinski definition) is 0. The molecule has 2 rings (SSSR count). The molecule has 0 N–H and O–H groups in total. The molecule has 0 aromatic carbocycles. The van der Waals surface area contributed by atoms with Crippen LogP contribution in [0, 0.1) is 0 Å². The first kappa shape index (κ1) is 13.7. The molecule has 1 aromatic heterocycles. The van der Waals surface area contributed by atoms with Gasteiger partial charge in [-0.05, 0) is 18.1 Å². The van der Waals surface area contributed by atoms with Crippen molar-refractivity contribution in [2.45, 2.75) is 32.0 Å². The van der Waals surface area contributed by atoms with E-state index in [1.807, 2.05) is 0 Å². The molecule has 0 saturated carbocycles. The summed E-state index contributed by atoms with van der Waals surface area (Å²) in [6.45, 7) is 0.843. The largest absolute Gasteiger partial charge is 0.389 e. The van der Waals surface area contributed by atoms with Gasteiger partial charge in [0.05, 0.1) is 10.8 Å². The van der Waals surface area contributed by atoms with Crippen molar-refractivity contribution in [3.05, 3.63) is 20.8 Å². The van der Waals surface area contributed by atoms with Gasteiger partial charge < -0.3 is 4.90 Å². The fraction of sp³-hybridized carbons (Fsp3) is 0.545. The molecule has 7 heteroatoms. The number of thiophene rings is 1. The van der Waals surface area contributed by atoms with Gasteiger partial charge in [0.25, 0.3) is 0 Å². The molecule has 1 aliphatic rings. The summed E-state index contributed by atoms with van der Waals surface area (Å²) in [4.78, 5) is 14.3. The zero-order chi connectivity index (χ0) is 13.3. The molecular formula is C11H11ClF3NOS. The SMILES string of the molecule is O=C(CCC(F)(F)F)N1CCc2sc(Cl)cc2C1. The van der Waals surface area contributed by atoms with E-state index in [2.05, 4.69) is 0 Å². The van der Waals surface area contributed by atoms with Crippen LogP contribution in [-0.2, 0) is 17.8 Å². The summed E-state index contributed by atoms with van der Waals surface area (Å²) in [5.41, 5.74) is 0.955. The maximum absolute atomic E-state index is 12.0. The van der Waals surface area contributed by atoms with E-state index in [-0.39, 0.29) is 0 Å². The zero-order valence-electron chi connectivity index (χ0n) is 9.39. The molecule has 2 nitrogen and oxygen atoms in total. The van der Waals surface area contributed by atoms with Gasteiger partial charge in [-0.3, -0.25) is 4.79 Å². The molecule has 0 aliphatic carbocycles. The molecule has 1 aromatic rings. The molecule has 18 heavy (non-hydrogen) atoms. The van der Waals surface area contributed by atoms with Gasteiger partial charge in [-0.1, -0.05) is 11.6 Å². The minimum atomic E-state index is -4.28. The van der Waals surface area contributed by atoms with Crippen molar-refractivity contribution in [3.8, 4) is 0 Å². The lowest BCUT2D eigenvalue weighted by molar-refractivity contribution is -0.149. The number of carbonyl (C=O) groups is 1. The van der Waals surface area contributed by atoms with Crippen molar-refractivity contribution in [3.63, 3.8) is 0 Å². The van der Waals surface area contributed by atoms with Gasteiger partial charge in [-0.15, -0.1) is 11.3 Å².